The fraction of sp³-hybridized carbons (Fsp3) is 0.625. The summed E-state index contributed by atoms with van der Waals surface area (Å²) in [5.74, 6) is 0.147. The van der Waals surface area contributed by atoms with Gasteiger partial charge in [0.25, 0.3) is 0 Å². The standard InChI is InChI=1S/C16H20N4O3S2/c21-11-9-24-15(23)14(11)20-5-2-1-3-12(20)18-13(22)7-10-8-25-16-17-4-6-19(10)16/h8,12,14H,1-7,9H2,(H,18,22). The van der Waals surface area contributed by atoms with Gasteiger partial charge in [0.2, 0.25) is 11.0 Å². The summed E-state index contributed by atoms with van der Waals surface area (Å²) in [6.45, 7) is 2.29. The number of hydrogen-bond acceptors (Lipinski definition) is 8. The Morgan fingerprint density at radius 2 is 2.20 bits per heavy atom. The molecule has 25 heavy (non-hydrogen) atoms. The van der Waals surface area contributed by atoms with E-state index in [-0.39, 0.29) is 28.7 Å². The summed E-state index contributed by atoms with van der Waals surface area (Å²) < 4.78 is 0. The van der Waals surface area contributed by atoms with Crippen LogP contribution in [0.5, 0.6) is 0 Å². The maximum absolute atomic E-state index is 12.5. The number of ketones is 1. The van der Waals surface area contributed by atoms with Gasteiger partial charge in [-0.25, -0.2) is 0 Å². The molecule has 0 aliphatic carbocycles. The number of carbonyl (C=O) groups excluding carboxylic acids is 3. The number of amidine groups is 1. The average molecular weight is 380 g/mol. The second-order valence-electron chi connectivity index (χ2n) is 6.51. The molecule has 7 nitrogen and oxygen atoms in total. The Kier molecular flexibility index (Phi) is 4.88. The topological polar surface area (TPSA) is 82.1 Å². The minimum Gasteiger partial charge on any atom is -0.340 e. The monoisotopic (exact) mass is 380 g/mol. The predicted octanol–water partition coefficient (Wildman–Crippen LogP) is 0.776. The number of piperidine rings is 1. The lowest BCUT2D eigenvalue weighted by Gasteiger charge is -2.38. The molecule has 0 spiro atoms. The Morgan fingerprint density at radius 1 is 1.32 bits per heavy atom. The van der Waals surface area contributed by atoms with E-state index in [9.17, 15) is 14.4 Å². The van der Waals surface area contributed by atoms with Crippen molar-refractivity contribution in [2.75, 3.05) is 25.4 Å². The van der Waals surface area contributed by atoms with Crippen molar-refractivity contribution in [2.24, 2.45) is 4.99 Å². The molecule has 0 radical (unpaired) electrons. The van der Waals surface area contributed by atoms with Crippen LogP contribution in [0.1, 0.15) is 25.7 Å². The van der Waals surface area contributed by atoms with E-state index in [1.807, 2.05) is 10.3 Å². The number of rotatable bonds is 4. The smallest absolute Gasteiger partial charge is 0.227 e. The number of likely N-dealkylation sites (tertiary alicyclic amines) is 1. The molecule has 9 heteroatoms. The van der Waals surface area contributed by atoms with Crippen LogP contribution >= 0.6 is 23.5 Å². The third-order valence-electron chi connectivity index (χ3n) is 4.88. The summed E-state index contributed by atoms with van der Waals surface area (Å²) in [6.07, 6.45) is 2.78. The fourth-order valence-corrected chi connectivity index (χ4v) is 5.51. The number of hydrogen-bond donors (Lipinski definition) is 1. The second kappa shape index (κ2) is 7.13. The first-order valence-electron chi connectivity index (χ1n) is 8.55. The Morgan fingerprint density at radius 3 is 3.00 bits per heavy atom. The first-order valence-corrected chi connectivity index (χ1v) is 10.4. The molecule has 0 aromatic rings. The molecule has 1 amide bonds. The van der Waals surface area contributed by atoms with Crippen LogP contribution < -0.4 is 5.32 Å². The molecule has 134 valence electrons. The van der Waals surface area contributed by atoms with E-state index in [2.05, 4.69) is 15.2 Å². The van der Waals surface area contributed by atoms with E-state index >= 15 is 0 Å². The first-order chi connectivity index (χ1) is 12.1. The number of nitrogens with one attached hydrogen (secondary N) is 1. The highest BCUT2D eigenvalue weighted by molar-refractivity contribution is 8.16. The molecule has 2 saturated heterocycles. The Bertz CT molecular complexity index is 662. The van der Waals surface area contributed by atoms with Crippen molar-refractivity contribution in [3.8, 4) is 0 Å². The summed E-state index contributed by atoms with van der Waals surface area (Å²) in [6, 6.07) is -0.686. The number of carbonyl (C=O) groups is 3. The maximum Gasteiger partial charge on any atom is 0.227 e. The van der Waals surface area contributed by atoms with Crippen LogP contribution in [0.4, 0.5) is 0 Å². The maximum atomic E-state index is 12.5. The molecule has 4 heterocycles. The number of nitrogens with zero attached hydrogens (tertiary/aromatic N) is 3. The summed E-state index contributed by atoms with van der Waals surface area (Å²) in [5.41, 5.74) is 0.977. The van der Waals surface area contributed by atoms with Crippen LogP contribution in [0.15, 0.2) is 16.1 Å². The van der Waals surface area contributed by atoms with Crippen LogP contribution in [0.25, 0.3) is 0 Å². The van der Waals surface area contributed by atoms with Crippen molar-refractivity contribution in [3.05, 3.63) is 11.1 Å². The van der Waals surface area contributed by atoms with Crippen molar-refractivity contribution >= 4 is 45.5 Å². The van der Waals surface area contributed by atoms with Crippen molar-refractivity contribution in [1.29, 1.82) is 0 Å². The second-order valence-corrected chi connectivity index (χ2v) is 8.33. The molecule has 4 aliphatic heterocycles. The van der Waals surface area contributed by atoms with Crippen LogP contribution in [0, 0.1) is 0 Å². The van der Waals surface area contributed by atoms with Crippen LogP contribution in [0.2, 0.25) is 0 Å². The third kappa shape index (κ3) is 3.37. The summed E-state index contributed by atoms with van der Waals surface area (Å²) in [4.78, 5) is 45.1. The van der Waals surface area contributed by atoms with Gasteiger partial charge in [-0.15, -0.1) is 0 Å². The molecular weight excluding hydrogens is 360 g/mol. The zero-order valence-corrected chi connectivity index (χ0v) is 15.4. The fourth-order valence-electron chi connectivity index (χ4n) is 3.69. The van der Waals surface area contributed by atoms with E-state index in [0.717, 1.165) is 55.0 Å². The highest BCUT2D eigenvalue weighted by atomic mass is 32.2. The molecular formula is C16H20N4O3S2. The van der Waals surface area contributed by atoms with Gasteiger partial charge in [0.15, 0.2) is 11.0 Å². The lowest BCUT2D eigenvalue weighted by Crippen LogP contribution is -2.57. The number of Topliss-reactive ketones (excluding diaryl/α,β-unsaturated/α-hetero) is 1. The van der Waals surface area contributed by atoms with Crippen molar-refractivity contribution < 1.29 is 14.4 Å². The average Bonchev–Trinajstić information content (AvgIpc) is 3.27. The van der Waals surface area contributed by atoms with Crippen LogP contribution in [0.3, 0.4) is 0 Å². The third-order valence-corrected chi connectivity index (χ3v) is 6.77. The molecule has 0 saturated carbocycles. The van der Waals surface area contributed by atoms with Gasteiger partial charge >= 0.3 is 0 Å². The molecule has 2 atom stereocenters. The van der Waals surface area contributed by atoms with Crippen molar-refractivity contribution in [1.82, 2.24) is 15.1 Å². The number of amides is 1. The number of fused-ring (bicyclic) bond motifs is 1. The van der Waals surface area contributed by atoms with Gasteiger partial charge in [-0.05, 0) is 24.7 Å². The van der Waals surface area contributed by atoms with Gasteiger partial charge in [-0.1, -0.05) is 23.5 Å². The SMILES string of the molecule is O=C(CC1=CSC2=NCCN12)NC1CCCCN1C1C(=O)CSC1=O. The van der Waals surface area contributed by atoms with E-state index in [4.69, 9.17) is 0 Å². The summed E-state index contributed by atoms with van der Waals surface area (Å²) >= 11 is 2.65. The minimum atomic E-state index is -0.686. The van der Waals surface area contributed by atoms with E-state index < -0.39 is 6.04 Å². The quantitative estimate of drug-likeness (QED) is 0.722. The highest BCUT2D eigenvalue weighted by Crippen LogP contribution is 2.31. The van der Waals surface area contributed by atoms with Gasteiger partial charge in [-0.3, -0.25) is 24.3 Å². The van der Waals surface area contributed by atoms with Gasteiger partial charge in [0.1, 0.15) is 6.04 Å². The molecule has 0 bridgehead atoms. The molecule has 4 rings (SSSR count). The minimum absolute atomic E-state index is 0.0380. The normalized spacial score (nSPS) is 29.7. The van der Waals surface area contributed by atoms with Gasteiger partial charge in [-0.2, -0.15) is 0 Å². The Labute approximate surface area is 154 Å². The Hall–Kier alpha value is -1.32. The summed E-state index contributed by atoms with van der Waals surface area (Å²) in [5, 5.41) is 5.92. The van der Waals surface area contributed by atoms with Gasteiger partial charge in [0.05, 0.1) is 24.9 Å². The van der Waals surface area contributed by atoms with E-state index in [1.54, 1.807) is 11.8 Å². The molecule has 0 aromatic heterocycles. The van der Waals surface area contributed by atoms with Crippen molar-refractivity contribution in [3.63, 3.8) is 0 Å². The zero-order chi connectivity index (χ0) is 17.4. The zero-order valence-electron chi connectivity index (χ0n) is 13.8. The molecule has 2 fully saturated rings. The summed E-state index contributed by atoms with van der Waals surface area (Å²) in [7, 11) is 0. The van der Waals surface area contributed by atoms with Crippen LogP contribution in [-0.2, 0) is 14.4 Å². The molecule has 2 unspecified atom stereocenters. The largest absolute Gasteiger partial charge is 0.340 e. The van der Waals surface area contributed by atoms with Gasteiger partial charge < -0.3 is 10.2 Å². The lowest BCUT2D eigenvalue weighted by atomic mass is 10.0. The van der Waals surface area contributed by atoms with Crippen LogP contribution in [-0.4, -0.2) is 69.4 Å². The van der Waals surface area contributed by atoms with E-state index in [1.165, 1.54) is 0 Å². The first kappa shape index (κ1) is 17.1. The molecule has 4 aliphatic rings. The van der Waals surface area contributed by atoms with Gasteiger partial charge in [0, 0.05) is 18.8 Å². The molecule has 0 aromatic carbocycles. The number of thioether (sulfide) groups is 2. The van der Waals surface area contributed by atoms with E-state index in [0.29, 0.717) is 13.0 Å². The number of aliphatic imine (C=N–C) groups is 1. The van der Waals surface area contributed by atoms with Crippen molar-refractivity contribution in [2.45, 2.75) is 37.9 Å². The Balaban J connectivity index is 1.40. The predicted molar refractivity (Wildman–Crippen MR) is 98.0 cm³/mol. The lowest BCUT2D eigenvalue weighted by molar-refractivity contribution is -0.133. The molecule has 1 N–H and O–H groups in total. The highest BCUT2D eigenvalue weighted by Gasteiger charge is 2.42.